The first-order chi connectivity index (χ1) is 8.53. The van der Waals surface area contributed by atoms with Gasteiger partial charge in [0.2, 0.25) is 0 Å². The van der Waals surface area contributed by atoms with Crippen molar-refractivity contribution in [1.29, 1.82) is 0 Å². The van der Waals surface area contributed by atoms with E-state index in [9.17, 15) is 0 Å². The summed E-state index contributed by atoms with van der Waals surface area (Å²) in [4.78, 5) is 4.09. The van der Waals surface area contributed by atoms with E-state index < -0.39 is 0 Å². The van der Waals surface area contributed by atoms with Gasteiger partial charge in [-0.25, -0.2) is 0 Å². The van der Waals surface area contributed by atoms with Crippen LogP contribution in [0.4, 0.5) is 11.4 Å². The summed E-state index contributed by atoms with van der Waals surface area (Å²) in [5.41, 5.74) is 7.70. The molecule has 0 amide bonds. The Labute approximate surface area is 107 Å². The number of ether oxygens (including phenoxy) is 1. The quantitative estimate of drug-likeness (QED) is 0.813. The molecule has 0 bridgehead atoms. The molecule has 18 heavy (non-hydrogen) atoms. The number of rotatable bonds is 4. The Bertz CT molecular complexity index is 552. The number of nitrogens with zero attached hydrogens (tertiary/aromatic N) is 1. The van der Waals surface area contributed by atoms with E-state index in [0.717, 1.165) is 22.1 Å². The lowest BCUT2D eigenvalue weighted by atomic mass is 10.0. The van der Waals surface area contributed by atoms with Crippen molar-refractivity contribution in [3.05, 3.63) is 30.6 Å². The van der Waals surface area contributed by atoms with Crippen LogP contribution in [-0.2, 0) is 4.74 Å². The average Bonchev–Trinajstić information content (AvgIpc) is 2.33. The molecule has 0 spiro atoms. The number of fused-ring (bicyclic) bond motifs is 1. The molecule has 0 saturated heterocycles. The van der Waals surface area contributed by atoms with Crippen molar-refractivity contribution < 1.29 is 4.74 Å². The molecule has 3 N–H and O–H groups in total. The van der Waals surface area contributed by atoms with Crippen LogP contribution in [0.5, 0.6) is 0 Å². The molecule has 0 unspecified atom stereocenters. The van der Waals surface area contributed by atoms with Gasteiger partial charge in [-0.15, -0.1) is 0 Å². The molecule has 1 aromatic carbocycles. The van der Waals surface area contributed by atoms with Gasteiger partial charge < -0.3 is 15.8 Å². The predicted octanol–water partition coefficient (Wildman–Crippen LogP) is 2.65. The Morgan fingerprint density at radius 2 is 2.11 bits per heavy atom. The van der Waals surface area contributed by atoms with Gasteiger partial charge in [0.15, 0.2) is 0 Å². The van der Waals surface area contributed by atoms with E-state index in [2.05, 4.69) is 24.1 Å². The van der Waals surface area contributed by atoms with Crippen molar-refractivity contribution in [1.82, 2.24) is 4.98 Å². The number of benzene rings is 1. The van der Waals surface area contributed by atoms with Crippen molar-refractivity contribution in [3.63, 3.8) is 0 Å². The van der Waals surface area contributed by atoms with Crippen LogP contribution < -0.4 is 11.1 Å². The Hall–Kier alpha value is -1.81. The van der Waals surface area contributed by atoms with Crippen LogP contribution in [0.2, 0.25) is 0 Å². The van der Waals surface area contributed by atoms with Crippen LogP contribution >= 0.6 is 0 Å². The summed E-state index contributed by atoms with van der Waals surface area (Å²) in [5.74, 6) is 0. The first kappa shape index (κ1) is 12.6. The summed E-state index contributed by atoms with van der Waals surface area (Å²) in [6, 6.07) is 5.93. The lowest BCUT2D eigenvalue weighted by Crippen LogP contribution is -2.36. The first-order valence-corrected chi connectivity index (χ1v) is 5.93. The molecule has 4 heteroatoms. The highest BCUT2D eigenvalue weighted by Crippen LogP contribution is 2.29. The zero-order chi connectivity index (χ0) is 13.2. The lowest BCUT2D eigenvalue weighted by molar-refractivity contribution is 0.158. The van der Waals surface area contributed by atoms with E-state index in [0.29, 0.717) is 6.61 Å². The second kappa shape index (κ2) is 4.82. The highest BCUT2D eigenvalue weighted by molar-refractivity contribution is 5.98. The third-order valence-corrected chi connectivity index (χ3v) is 2.84. The molecule has 4 nitrogen and oxygen atoms in total. The molecule has 0 atom stereocenters. The van der Waals surface area contributed by atoms with Gasteiger partial charge in [-0.1, -0.05) is 6.07 Å². The Morgan fingerprint density at radius 3 is 2.83 bits per heavy atom. The third kappa shape index (κ3) is 2.54. The molecule has 0 fully saturated rings. The molecule has 2 rings (SSSR count). The number of hydrogen-bond donors (Lipinski definition) is 2. The van der Waals surface area contributed by atoms with E-state index in [1.807, 2.05) is 24.4 Å². The van der Waals surface area contributed by atoms with Gasteiger partial charge in [-0.3, -0.25) is 4.98 Å². The number of nitrogens with two attached hydrogens (primary N) is 1. The van der Waals surface area contributed by atoms with E-state index in [4.69, 9.17) is 10.5 Å². The molecule has 0 aliphatic rings. The fraction of sp³-hybridized carbons (Fsp3) is 0.357. The van der Waals surface area contributed by atoms with Gasteiger partial charge in [-0.2, -0.15) is 0 Å². The van der Waals surface area contributed by atoms with Gasteiger partial charge in [-0.05, 0) is 26.0 Å². The molecular weight excluding hydrogens is 226 g/mol. The molecule has 0 radical (unpaired) electrons. The summed E-state index contributed by atoms with van der Waals surface area (Å²) in [5, 5.41) is 5.47. The summed E-state index contributed by atoms with van der Waals surface area (Å²) in [7, 11) is 1.69. The first-order valence-electron chi connectivity index (χ1n) is 5.93. The van der Waals surface area contributed by atoms with Crippen molar-refractivity contribution in [2.24, 2.45) is 0 Å². The van der Waals surface area contributed by atoms with Gasteiger partial charge in [0.1, 0.15) is 0 Å². The minimum Gasteiger partial charge on any atom is -0.397 e. The second-order valence-corrected chi connectivity index (χ2v) is 5.07. The van der Waals surface area contributed by atoms with Gasteiger partial charge in [0.05, 0.1) is 23.5 Å². The maximum Gasteiger partial charge on any atom is 0.0687 e. The minimum absolute atomic E-state index is 0.163. The number of aromatic nitrogens is 1. The third-order valence-electron chi connectivity index (χ3n) is 2.84. The number of pyridine rings is 1. The predicted molar refractivity (Wildman–Crippen MR) is 75.7 cm³/mol. The minimum atomic E-state index is -0.163. The largest absolute Gasteiger partial charge is 0.397 e. The van der Waals surface area contributed by atoms with Gasteiger partial charge in [0, 0.05) is 30.3 Å². The van der Waals surface area contributed by atoms with Gasteiger partial charge >= 0.3 is 0 Å². The van der Waals surface area contributed by atoms with E-state index >= 15 is 0 Å². The number of nitrogens with one attached hydrogen (secondary N) is 1. The zero-order valence-electron chi connectivity index (χ0n) is 11.0. The summed E-state index contributed by atoms with van der Waals surface area (Å²) >= 11 is 0. The highest BCUT2D eigenvalue weighted by Gasteiger charge is 2.18. The fourth-order valence-corrected chi connectivity index (χ4v) is 2.06. The summed E-state index contributed by atoms with van der Waals surface area (Å²) in [6.45, 7) is 4.76. The van der Waals surface area contributed by atoms with Crippen LogP contribution in [0.25, 0.3) is 10.8 Å². The smallest absolute Gasteiger partial charge is 0.0687 e. The average molecular weight is 245 g/mol. The van der Waals surface area contributed by atoms with E-state index in [1.165, 1.54) is 0 Å². The lowest BCUT2D eigenvalue weighted by Gasteiger charge is -2.27. The number of nitrogen functional groups attached to an aromatic ring is 1. The molecule has 1 aromatic heterocycles. The maximum absolute atomic E-state index is 6.19. The molecule has 0 saturated carbocycles. The van der Waals surface area contributed by atoms with Crippen molar-refractivity contribution >= 4 is 22.1 Å². The van der Waals surface area contributed by atoms with Crippen LogP contribution in [0.1, 0.15) is 13.8 Å². The van der Waals surface area contributed by atoms with Crippen LogP contribution in [0.15, 0.2) is 30.6 Å². The normalized spacial score (nSPS) is 11.7. The Balaban J connectivity index is 2.37. The molecule has 1 heterocycles. The second-order valence-electron chi connectivity index (χ2n) is 5.07. The SMILES string of the molecule is COCC(C)(C)Nc1ccc2cnccc2c1N. The molecule has 0 aliphatic carbocycles. The number of methoxy groups -OCH3 is 1. The number of hydrogen-bond acceptors (Lipinski definition) is 4. The monoisotopic (exact) mass is 245 g/mol. The molecule has 0 aliphatic heterocycles. The maximum atomic E-state index is 6.19. The van der Waals surface area contributed by atoms with Gasteiger partial charge in [0.25, 0.3) is 0 Å². The summed E-state index contributed by atoms with van der Waals surface area (Å²) < 4.78 is 5.19. The zero-order valence-corrected chi connectivity index (χ0v) is 11.0. The van der Waals surface area contributed by atoms with E-state index in [-0.39, 0.29) is 5.54 Å². The van der Waals surface area contributed by atoms with Crippen molar-refractivity contribution in [3.8, 4) is 0 Å². The molecule has 2 aromatic rings. The summed E-state index contributed by atoms with van der Waals surface area (Å²) in [6.07, 6.45) is 3.57. The Kier molecular flexibility index (Phi) is 3.39. The molecular formula is C14H19N3O. The topological polar surface area (TPSA) is 60.2 Å². The van der Waals surface area contributed by atoms with Crippen molar-refractivity contribution in [2.75, 3.05) is 24.8 Å². The number of anilines is 2. The molecule has 96 valence electrons. The van der Waals surface area contributed by atoms with E-state index in [1.54, 1.807) is 13.3 Å². The van der Waals surface area contributed by atoms with Crippen LogP contribution in [0.3, 0.4) is 0 Å². The highest BCUT2D eigenvalue weighted by atomic mass is 16.5. The van der Waals surface area contributed by atoms with Crippen LogP contribution in [-0.4, -0.2) is 24.2 Å². The fourth-order valence-electron chi connectivity index (χ4n) is 2.06. The Morgan fingerprint density at radius 1 is 1.33 bits per heavy atom. The van der Waals surface area contributed by atoms with Crippen LogP contribution in [0, 0.1) is 0 Å². The van der Waals surface area contributed by atoms with Crippen molar-refractivity contribution in [2.45, 2.75) is 19.4 Å². The standard InChI is InChI=1S/C14H19N3O/c1-14(2,9-18-3)17-12-5-4-10-8-16-7-6-11(10)13(12)15/h4-8,17H,9,15H2,1-3H3.